The van der Waals surface area contributed by atoms with Crippen LogP contribution in [0.4, 0.5) is 5.69 Å². The number of unbranched alkanes of at least 4 members (excludes halogenated alkanes) is 1. The van der Waals surface area contributed by atoms with Gasteiger partial charge in [0.2, 0.25) is 0 Å². The number of halogens is 1. The molecular weight excluding hydrogens is 424 g/mol. The quantitative estimate of drug-likeness (QED) is 0.411. The van der Waals surface area contributed by atoms with Crippen molar-refractivity contribution >= 4 is 29.9 Å². The summed E-state index contributed by atoms with van der Waals surface area (Å²) in [4.78, 5) is 6.11. The number of anilines is 1. The van der Waals surface area contributed by atoms with Gasteiger partial charge in [-0.3, -0.25) is 4.90 Å². The SMILES string of the molecule is CCCC/C(C)=C(/C1=C(S)CCCC1)C(O)CCN1CCN(c2ccc(Cl)cc2)CC1. The third-order valence-corrected chi connectivity index (χ3v) is 7.49. The molecule has 1 fully saturated rings. The highest BCUT2D eigenvalue weighted by Crippen LogP contribution is 2.36. The Balaban J connectivity index is 1.58. The zero-order valence-electron chi connectivity index (χ0n) is 19.2. The first-order valence-corrected chi connectivity index (χ1v) is 12.8. The summed E-state index contributed by atoms with van der Waals surface area (Å²) < 4.78 is 0. The van der Waals surface area contributed by atoms with Crippen molar-refractivity contribution in [1.82, 2.24) is 4.90 Å². The molecule has 3 rings (SSSR count). The van der Waals surface area contributed by atoms with Gasteiger partial charge in [0.15, 0.2) is 0 Å². The zero-order valence-corrected chi connectivity index (χ0v) is 20.9. The van der Waals surface area contributed by atoms with Crippen LogP contribution in [0.2, 0.25) is 5.02 Å². The number of benzene rings is 1. The minimum Gasteiger partial charge on any atom is -0.388 e. The molecule has 0 radical (unpaired) electrons. The molecule has 1 aliphatic carbocycles. The summed E-state index contributed by atoms with van der Waals surface area (Å²) in [5.74, 6) is 0. The molecule has 3 nitrogen and oxygen atoms in total. The van der Waals surface area contributed by atoms with Crippen LogP contribution in [0.5, 0.6) is 0 Å². The summed E-state index contributed by atoms with van der Waals surface area (Å²) in [5, 5.41) is 12.0. The van der Waals surface area contributed by atoms with E-state index in [1.807, 2.05) is 12.1 Å². The van der Waals surface area contributed by atoms with Crippen LogP contribution in [0.1, 0.15) is 65.2 Å². The van der Waals surface area contributed by atoms with Crippen LogP contribution >= 0.6 is 24.2 Å². The number of rotatable bonds is 9. The molecule has 0 amide bonds. The number of hydrogen-bond donors (Lipinski definition) is 2. The maximum atomic E-state index is 11.3. The second-order valence-corrected chi connectivity index (χ2v) is 10.0. The van der Waals surface area contributed by atoms with Gasteiger partial charge in [-0.15, -0.1) is 12.6 Å². The van der Waals surface area contributed by atoms with Gasteiger partial charge >= 0.3 is 0 Å². The molecule has 0 saturated carbocycles. The predicted molar refractivity (Wildman–Crippen MR) is 137 cm³/mol. The number of aliphatic hydroxyl groups excluding tert-OH is 1. The van der Waals surface area contributed by atoms with Crippen LogP contribution in [-0.4, -0.2) is 48.8 Å². The van der Waals surface area contributed by atoms with E-state index in [1.165, 1.54) is 53.0 Å². The lowest BCUT2D eigenvalue weighted by Crippen LogP contribution is -2.47. The van der Waals surface area contributed by atoms with Gasteiger partial charge in [0.1, 0.15) is 0 Å². The van der Waals surface area contributed by atoms with E-state index in [0.717, 1.165) is 63.4 Å². The molecule has 1 atom stereocenters. The number of hydrogen-bond acceptors (Lipinski definition) is 4. The van der Waals surface area contributed by atoms with Crippen molar-refractivity contribution in [2.45, 2.75) is 71.3 Å². The van der Waals surface area contributed by atoms with Crippen molar-refractivity contribution in [3.05, 3.63) is 50.9 Å². The minimum atomic E-state index is -0.388. The highest BCUT2D eigenvalue weighted by atomic mass is 35.5. The first-order chi connectivity index (χ1) is 15.0. The van der Waals surface area contributed by atoms with E-state index in [4.69, 9.17) is 24.2 Å². The molecule has 0 spiro atoms. The molecule has 1 aliphatic heterocycles. The van der Waals surface area contributed by atoms with Crippen molar-refractivity contribution in [2.24, 2.45) is 0 Å². The fraction of sp³-hybridized carbons (Fsp3) is 0.615. The average molecular weight is 463 g/mol. The van der Waals surface area contributed by atoms with Gasteiger partial charge in [0.25, 0.3) is 0 Å². The fourth-order valence-corrected chi connectivity index (χ4v) is 5.35. The third-order valence-electron chi connectivity index (χ3n) is 6.74. The summed E-state index contributed by atoms with van der Waals surface area (Å²) in [6.07, 6.45) is 8.41. The summed E-state index contributed by atoms with van der Waals surface area (Å²) in [5.41, 5.74) is 5.15. The molecule has 1 aromatic carbocycles. The Kier molecular flexibility index (Phi) is 9.83. The Morgan fingerprint density at radius 1 is 1.10 bits per heavy atom. The Morgan fingerprint density at radius 2 is 1.77 bits per heavy atom. The fourth-order valence-electron chi connectivity index (χ4n) is 4.83. The molecule has 0 bridgehead atoms. The molecular formula is C26H39ClN2OS. The Morgan fingerprint density at radius 3 is 2.42 bits per heavy atom. The van der Waals surface area contributed by atoms with Crippen LogP contribution in [0.15, 0.2) is 45.9 Å². The van der Waals surface area contributed by atoms with E-state index in [1.54, 1.807) is 0 Å². The zero-order chi connectivity index (χ0) is 22.2. The average Bonchev–Trinajstić information content (AvgIpc) is 2.78. The summed E-state index contributed by atoms with van der Waals surface area (Å²) in [6, 6.07) is 8.13. The highest BCUT2D eigenvalue weighted by Gasteiger charge is 2.24. The molecule has 1 aromatic rings. The molecule has 1 N–H and O–H groups in total. The van der Waals surface area contributed by atoms with Crippen LogP contribution < -0.4 is 4.90 Å². The lowest BCUT2D eigenvalue weighted by molar-refractivity contribution is 0.164. The van der Waals surface area contributed by atoms with Gasteiger partial charge in [0, 0.05) is 43.4 Å². The van der Waals surface area contributed by atoms with E-state index in [-0.39, 0.29) is 6.10 Å². The third kappa shape index (κ3) is 7.02. The molecule has 31 heavy (non-hydrogen) atoms. The lowest BCUT2D eigenvalue weighted by atomic mass is 9.85. The van der Waals surface area contributed by atoms with Crippen molar-refractivity contribution in [3.8, 4) is 0 Å². The van der Waals surface area contributed by atoms with E-state index >= 15 is 0 Å². The Hall–Kier alpha value is -0.940. The first-order valence-electron chi connectivity index (χ1n) is 12.0. The number of thiol groups is 1. The van der Waals surface area contributed by atoms with E-state index in [9.17, 15) is 5.11 Å². The Labute approximate surface area is 199 Å². The molecule has 0 aromatic heterocycles. The normalized spacial score (nSPS) is 20.1. The van der Waals surface area contributed by atoms with Crippen LogP contribution in [-0.2, 0) is 0 Å². The maximum absolute atomic E-state index is 11.3. The largest absolute Gasteiger partial charge is 0.388 e. The van der Waals surface area contributed by atoms with E-state index < -0.39 is 0 Å². The summed E-state index contributed by atoms with van der Waals surface area (Å²) in [6.45, 7) is 9.49. The van der Waals surface area contributed by atoms with Crippen LogP contribution in [0, 0.1) is 0 Å². The number of aliphatic hydroxyl groups is 1. The van der Waals surface area contributed by atoms with Crippen molar-refractivity contribution < 1.29 is 5.11 Å². The smallest absolute Gasteiger partial charge is 0.0804 e. The van der Waals surface area contributed by atoms with Crippen LogP contribution in [0.25, 0.3) is 0 Å². The highest BCUT2D eigenvalue weighted by molar-refractivity contribution is 7.84. The number of piperazine rings is 1. The maximum Gasteiger partial charge on any atom is 0.0804 e. The molecule has 2 aliphatic rings. The molecule has 1 saturated heterocycles. The van der Waals surface area contributed by atoms with Gasteiger partial charge in [-0.1, -0.05) is 30.5 Å². The number of allylic oxidation sites excluding steroid dienone is 2. The van der Waals surface area contributed by atoms with E-state index in [0.29, 0.717) is 0 Å². The van der Waals surface area contributed by atoms with Crippen molar-refractivity contribution in [3.63, 3.8) is 0 Å². The predicted octanol–water partition coefficient (Wildman–Crippen LogP) is 6.48. The second-order valence-electron chi connectivity index (χ2n) is 9.04. The van der Waals surface area contributed by atoms with Gasteiger partial charge < -0.3 is 10.0 Å². The summed E-state index contributed by atoms with van der Waals surface area (Å²) in [7, 11) is 0. The van der Waals surface area contributed by atoms with Gasteiger partial charge in [0.05, 0.1) is 6.10 Å². The van der Waals surface area contributed by atoms with E-state index in [2.05, 4.69) is 35.8 Å². The van der Waals surface area contributed by atoms with Gasteiger partial charge in [-0.05, 0) is 92.2 Å². The van der Waals surface area contributed by atoms with Crippen molar-refractivity contribution in [2.75, 3.05) is 37.6 Å². The topological polar surface area (TPSA) is 26.7 Å². The first kappa shape index (κ1) is 24.7. The lowest BCUT2D eigenvalue weighted by Gasteiger charge is -2.36. The van der Waals surface area contributed by atoms with Gasteiger partial charge in [-0.2, -0.15) is 0 Å². The van der Waals surface area contributed by atoms with Crippen molar-refractivity contribution in [1.29, 1.82) is 0 Å². The molecule has 172 valence electrons. The van der Waals surface area contributed by atoms with Gasteiger partial charge in [-0.25, -0.2) is 0 Å². The molecule has 1 heterocycles. The Bertz CT molecular complexity index is 766. The summed E-state index contributed by atoms with van der Waals surface area (Å²) >= 11 is 10.8. The molecule has 1 unspecified atom stereocenters. The van der Waals surface area contributed by atoms with Crippen LogP contribution in [0.3, 0.4) is 0 Å². The number of nitrogens with zero attached hydrogens (tertiary/aromatic N) is 2. The monoisotopic (exact) mass is 462 g/mol. The standard InChI is InChI=1S/C26H39ClN2OS/c1-3-4-7-20(2)26(23-8-5-6-9-25(23)31)24(30)14-15-28-16-18-29(19-17-28)22-12-10-21(27)11-13-22/h10-13,24,30-31H,3-9,14-19H2,1-2H3/b26-20-. The minimum absolute atomic E-state index is 0.388. The second kappa shape index (κ2) is 12.3. The molecule has 5 heteroatoms.